The number of piperidine rings is 1. The summed E-state index contributed by atoms with van der Waals surface area (Å²) in [4.78, 5) is 26.0. The van der Waals surface area contributed by atoms with Crippen LogP contribution in [0.1, 0.15) is 43.2 Å². The van der Waals surface area contributed by atoms with E-state index in [1.807, 2.05) is 17.0 Å². The van der Waals surface area contributed by atoms with Gasteiger partial charge in [-0.2, -0.15) is 0 Å². The van der Waals surface area contributed by atoms with Crippen molar-refractivity contribution in [3.05, 3.63) is 55.0 Å². The average molecular weight is 383 g/mol. The summed E-state index contributed by atoms with van der Waals surface area (Å²) in [6.45, 7) is 7.54. The normalized spacial score (nSPS) is 27.6. The Hall–Kier alpha value is -2.76. The van der Waals surface area contributed by atoms with Crippen molar-refractivity contribution in [3.8, 4) is 5.75 Å². The Morgan fingerprint density at radius 1 is 1.14 bits per heavy atom. The van der Waals surface area contributed by atoms with Crippen LogP contribution in [0.25, 0.3) is 0 Å². The number of benzene rings is 1. The van der Waals surface area contributed by atoms with Crippen LogP contribution in [0.15, 0.2) is 43.9 Å². The molecule has 4 rings (SSSR count). The van der Waals surface area contributed by atoms with Crippen LogP contribution in [0.2, 0.25) is 0 Å². The fourth-order valence-corrected chi connectivity index (χ4v) is 5.60. The van der Waals surface area contributed by atoms with E-state index < -0.39 is 6.16 Å². The first kappa shape index (κ1) is 18.6. The Kier molecular flexibility index (Phi) is 4.87. The van der Waals surface area contributed by atoms with Gasteiger partial charge in [-0.05, 0) is 54.9 Å². The number of rotatable bonds is 3. The van der Waals surface area contributed by atoms with Crippen molar-refractivity contribution in [2.24, 2.45) is 5.92 Å². The number of hydrogen-bond donors (Lipinski definition) is 0. The lowest BCUT2D eigenvalue weighted by molar-refractivity contribution is -0.00429. The topological polar surface area (TPSA) is 65.1 Å². The summed E-state index contributed by atoms with van der Waals surface area (Å²) in [6, 6.07) is 5.91. The lowest BCUT2D eigenvalue weighted by Crippen LogP contribution is -2.62. The monoisotopic (exact) mass is 383 g/mol. The predicted molar refractivity (Wildman–Crippen MR) is 103 cm³/mol. The number of amides is 1. The highest BCUT2D eigenvalue weighted by atomic mass is 16.7. The van der Waals surface area contributed by atoms with Crippen LogP contribution in [-0.4, -0.2) is 29.7 Å². The number of likely N-dealkylation sites (tertiary alicyclic amines) is 1. The summed E-state index contributed by atoms with van der Waals surface area (Å²) < 4.78 is 15.1. The molecule has 1 amide bonds. The smallest absolute Gasteiger partial charge is 0.419 e. The van der Waals surface area contributed by atoms with Gasteiger partial charge >= 0.3 is 12.2 Å². The van der Waals surface area contributed by atoms with E-state index in [-0.39, 0.29) is 17.6 Å². The molecule has 0 aromatic heterocycles. The second-order valence-corrected chi connectivity index (χ2v) is 7.73. The molecule has 3 atom stereocenters. The Balaban J connectivity index is 1.70. The van der Waals surface area contributed by atoms with Gasteiger partial charge in [0.05, 0.1) is 12.5 Å². The first-order chi connectivity index (χ1) is 13.6. The lowest BCUT2D eigenvalue weighted by Gasteiger charge is -2.58. The van der Waals surface area contributed by atoms with Crippen molar-refractivity contribution in [1.29, 1.82) is 0 Å². The number of hydrogen-bond acceptors (Lipinski definition) is 5. The molecule has 6 nitrogen and oxygen atoms in total. The van der Waals surface area contributed by atoms with Crippen molar-refractivity contribution in [1.82, 2.24) is 4.90 Å². The van der Waals surface area contributed by atoms with Gasteiger partial charge in [0.1, 0.15) is 5.75 Å². The number of fused-ring (bicyclic) bond motifs is 1. The molecular weight excluding hydrogens is 358 g/mol. The van der Waals surface area contributed by atoms with Gasteiger partial charge in [0.15, 0.2) is 0 Å². The van der Waals surface area contributed by atoms with Gasteiger partial charge in [-0.15, -0.1) is 0 Å². The van der Waals surface area contributed by atoms with Crippen LogP contribution in [0.3, 0.4) is 0 Å². The maximum absolute atomic E-state index is 12.5. The molecule has 28 heavy (non-hydrogen) atoms. The summed E-state index contributed by atoms with van der Waals surface area (Å²) in [6.07, 6.45) is 7.34. The molecule has 1 aromatic rings. The van der Waals surface area contributed by atoms with Crippen molar-refractivity contribution >= 4 is 12.2 Å². The zero-order valence-electron chi connectivity index (χ0n) is 15.9. The molecule has 1 saturated carbocycles. The fourth-order valence-electron chi connectivity index (χ4n) is 5.60. The molecule has 0 N–H and O–H groups in total. The minimum absolute atomic E-state index is 0.0170. The average Bonchev–Trinajstić information content (AvgIpc) is 2.69. The third-order valence-electron chi connectivity index (χ3n) is 6.61. The lowest BCUT2D eigenvalue weighted by atomic mass is 9.52. The van der Waals surface area contributed by atoms with E-state index in [1.165, 1.54) is 30.2 Å². The molecule has 1 aromatic carbocycles. The minimum Gasteiger partial charge on any atom is -0.419 e. The molecule has 1 heterocycles. The maximum atomic E-state index is 12.5. The van der Waals surface area contributed by atoms with Gasteiger partial charge in [0.25, 0.3) is 0 Å². The van der Waals surface area contributed by atoms with Crippen molar-refractivity contribution in [3.63, 3.8) is 0 Å². The van der Waals surface area contributed by atoms with Crippen LogP contribution in [-0.2, 0) is 21.3 Å². The highest BCUT2D eigenvalue weighted by Crippen LogP contribution is 2.56. The summed E-state index contributed by atoms with van der Waals surface area (Å²) in [5.41, 5.74) is 2.49. The molecule has 0 spiro atoms. The molecule has 148 valence electrons. The standard InChI is InChI=1S/C22H25NO5/c1-3-26-20(24)23-12-11-22-10-6-5-7-17(22)19(23)13-15-8-9-16(14-18(15)22)28-21(25)27-4-2/h3-4,8-9,14,17,19H,1-2,5-7,10-13H2/t17?,19-,22-/m0/s1. The molecular formula is C22H25NO5. The van der Waals surface area contributed by atoms with Crippen molar-refractivity contribution in [2.75, 3.05) is 6.54 Å². The third kappa shape index (κ3) is 2.97. The number of ether oxygens (including phenoxy) is 3. The van der Waals surface area contributed by atoms with Gasteiger partial charge in [-0.1, -0.05) is 32.1 Å². The van der Waals surface area contributed by atoms with Gasteiger partial charge in [-0.25, -0.2) is 9.59 Å². The minimum atomic E-state index is -0.789. The number of nitrogens with zero attached hydrogens (tertiary/aromatic N) is 1. The highest BCUT2D eigenvalue weighted by Gasteiger charge is 2.55. The fraction of sp³-hybridized carbons (Fsp3) is 0.455. The molecule has 3 aliphatic rings. The Morgan fingerprint density at radius 2 is 1.96 bits per heavy atom. The SMILES string of the molecule is C=COC(=O)Oc1ccc2c(c1)[C@]13CCCCC1[C@H](C2)N(C(=O)OC=C)CC3. The predicted octanol–water partition coefficient (Wildman–Crippen LogP) is 4.68. The molecule has 0 radical (unpaired) electrons. The second-order valence-electron chi connectivity index (χ2n) is 7.73. The molecule has 2 fully saturated rings. The van der Waals surface area contributed by atoms with E-state index in [1.54, 1.807) is 6.07 Å². The van der Waals surface area contributed by atoms with Gasteiger partial charge in [-0.3, -0.25) is 0 Å². The van der Waals surface area contributed by atoms with E-state index in [0.29, 0.717) is 18.2 Å². The first-order valence-electron chi connectivity index (χ1n) is 9.80. The Bertz CT molecular complexity index is 819. The first-order valence-corrected chi connectivity index (χ1v) is 9.80. The highest BCUT2D eigenvalue weighted by molar-refractivity contribution is 5.70. The molecule has 1 unspecified atom stereocenters. The Labute approximate surface area is 164 Å². The van der Waals surface area contributed by atoms with E-state index >= 15 is 0 Å². The quantitative estimate of drug-likeness (QED) is 0.431. The third-order valence-corrected chi connectivity index (χ3v) is 6.61. The summed E-state index contributed by atoms with van der Waals surface area (Å²) in [7, 11) is 0. The van der Waals surface area contributed by atoms with E-state index in [0.717, 1.165) is 31.9 Å². The molecule has 2 aliphatic carbocycles. The zero-order chi connectivity index (χ0) is 19.7. The zero-order valence-corrected chi connectivity index (χ0v) is 15.9. The Morgan fingerprint density at radius 3 is 2.75 bits per heavy atom. The molecule has 2 bridgehead atoms. The van der Waals surface area contributed by atoms with Crippen LogP contribution >= 0.6 is 0 Å². The molecule has 1 saturated heterocycles. The van der Waals surface area contributed by atoms with Crippen LogP contribution in [0, 0.1) is 5.92 Å². The van der Waals surface area contributed by atoms with E-state index in [9.17, 15) is 9.59 Å². The molecule has 6 heteroatoms. The number of carbonyl (C=O) groups is 2. The van der Waals surface area contributed by atoms with E-state index in [4.69, 9.17) is 9.47 Å². The van der Waals surface area contributed by atoms with Gasteiger partial charge in [0.2, 0.25) is 0 Å². The van der Waals surface area contributed by atoms with Crippen LogP contribution in [0.5, 0.6) is 5.75 Å². The largest absolute Gasteiger partial charge is 0.518 e. The number of carbonyl (C=O) groups excluding carboxylic acids is 2. The van der Waals surface area contributed by atoms with Crippen LogP contribution < -0.4 is 4.74 Å². The summed E-state index contributed by atoms with van der Waals surface area (Å²) in [5, 5.41) is 0. The molecule has 1 aliphatic heterocycles. The van der Waals surface area contributed by atoms with Gasteiger partial charge < -0.3 is 19.1 Å². The van der Waals surface area contributed by atoms with Crippen molar-refractivity contribution < 1.29 is 23.8 Å². The van der Waals surface area contributed by atoms with E-state index in [2.05, 4.69) is 17.9 Å². The summed E-state index contributed by atoms with van der Waals surface area (Å²) >= 11 is 0. The van der Waals surface area contributed by atoms with Crippen LogP contribution in [0.4, 0.5) is 9.59 Å². The summed E-state index contributed by atoms with van der Waals surface area (Å²) in [5.74, 6) is 0.867. The van der Waals surface area contributed by atoms with Crippen molar-refractivity contribution in [2.45, 2.75) is 50.0 Å². The second kappa shape index (κ2) is 7.34. The maximum Gasteiger partial charge on any atom is 0.518 e. The van der Waals surface area contributed by atoms with Gasteiger partial charge in [0, 0.05) is 18.0 Å².